The Morgan fingerprint density at radius 3 is 2.04 bits per heavy atom. The maximum atomic E-state index is 6.46. The molecule has 6 nitrogen and oxygen atoms in total. The fraction of sp³-hybridized carbons (Fsp3) is 0. The number of fused-ring (bicyclic) bond motifs is 8. The molecular weight excluding hydrogens is 590 g/mol. The summed E-state index contributed by atoms with van der Waals surface area (Å²) in [7, 11) is 0. The van der Waals surface area contributed by atoms with E-state index in [1.54, 1.807) is 0 Å². The Morgan fingerprint density at radius 1 is 0.479 bits per heavy atom. The Morgan fingerprint density at radius 2 is 1.17 bits per heavy atom. The molecule has 0 bridgehead atoms. The van der Waals surface area contributed by atoms with Crippen LogP contribution in [0, 0.1) is 0 Å². The molecule has 0 N–H and O–H groups in total. The highest BCUT2D eigenvalue weighted by atomic mass is 16.3. The summed E-state index contributed by atoms with van der Waals surface area (Å²) in [5.41, 5.74) is 8.59. The lowest BCUT2D eigenvalue weighted by atomic mass is 9.96. The van der Waals surface area contributed by atoms with Crippen molar-refractivity contribution < 1.29 is 4.42 Å². The van der Waals surface area contributed by atoms with Gasteiger partial charge in [-0.05, 0) is 63.7 Å². The predicted molar refractivity (Wildman–Crippen MR) is 193 cm³/mol. The minimum Gasteiger partial charge on any atom is -0.435 e. The maximum Gasteiger partial charge on any atom is 0.253 e. The number of aromatic nitrogens is 5. The second kappa shape index (κ2) is 10.4. The largest absolute Gasteiger partial charge is 0.435 e. The summed E-state index contributed by atoms with van der Waals surface area (Å²) in [5.74, 6) is 1.82. The number of hydrogen-bond acceptors (Lipinski definition) is 5. The molecule has 0 aliphatic heterocycles. The van der Waals surface area contributed by atoms with Crippen LogP contribution in [0.5, 0.6) is 0 Å². The summed E-state index contributed by atoms with van der Waals surface area (Å²) in [6.07, 6.45) is 0. The average molecular weight is 616 g/mol. The molecule has 0 saturated carbocycles. The maximum absolute atomic E-state index is 6.46. The topological polar surface area (TPSA) is 69.1 Å². The number of hydrogen-bond donors (Lipinski definition) is 0. The second-order valence-corrected chi connectivity index (χ2v) is 12.0. The molecule has 0 spiro atoms. The lowest BCUT2D eigenvalue weighted by Gasteiger charge is -2.08. The molecule has 0 radical (unpaired) electrons. The van der Waals surface area contributed by atoms with Crippen LogP contribution in [0.2, 0.25) is 0 Å². The standard InChI is InChI=1S/C42H25N5O/c1-3-10-28(11-4-1)38-33-16-7-8-17-36(33)47-42(44-38)45-40(46-47)32-15-9-14-30(24-32)31-21-19-26-18-20-27-22-23-35-39(37(27)34(26)25-31)48-41(43-35)29-12-5-2-6-13-29/h1-25H. The minimum atomic E-state index is 0.566. The fourth-order valence-electron chi connectivity index (χ4n) is 6.74. The zero-order chi connectivity index (χ0) is 31.6. The van der Waals surface area contributed by atoms with Gasteiger partial charge in [0.05, 0.1) is 11.2 Å². The fourth-order valence-corrected chi connectivity index (χ4v) is 6.74. The number of oxazole rings is 1. The summed E-state index contributed by atoms with van der Waals surface area (Å²) in [4.78, 5) is 14.7. The quantitative estimate of drug-likeness (QED) is 0.184. The molecule has 0 fully saturated rings. The van der Waals surface area contributed by atoms with Gasteiger partial charge in [0.1, 0.15) is 5.52 Å². The Labute approximate surface area is 274 Å². The van der Waals surface area contributed by atoms with Crippen molar-refractivity contribution in [3.8, 4) is 45.2 Å². The van der Waals surface area contributed by atoms with E-state index in [9.17, 15) is 0 Å². The Hall–Kier alpha value is -6.66. The molecule has 10 rings (SSSR count). The van der Waals surface area contributed by atoms with E-state index < -0.39 is 0 Å². The number of benzene rings is 7. The van der Waals surface area contributed by atoms with Gasteiger partial charge in [-0.2, -0.15) is 9.50 Å². The van der Waals surface area contributed by atoms with E-state index in [0.717, 1.165) is 77.1 Å². The molecule has 7 aromatic carbocycles. The van der Waals surface area contributed by atoms with Crippen LogP contribution in [-0.4, -0.2) is 24.6 Å². The van der Waals surface area contributed by atoms with Crippen LogP contribution in [-0.2, 0) is 0 Å². The van der Waals surface area contributed by atoms with E-state index in [1.807, 2.05) is 71.2 Å². The highest BCUT2D eigenvalue weighted by Gasteiger charge is 2.17. The van der Waals surface area contributed by atoms with E-state index in [-0.39, 0.29) is 0 Å². The van der Waals surface area contributed by atoms with E-state index in [2.05, 4.69) is 84.9 Å². The molecular formula is C42H25N5O. The van der Waals surface area contributed by atoms with Crippen molar-refractivity contribution in [1.29, 1.82) is 0 Å². The van der Waals surface area contributed by atoms with Crippen molar-refractivity contribution in [3.63, 3.8) is 0 Å². The first-order chi connectivity index (χ1) is 23.8. The van der Waals surface area contributed by atoms with Gasteiger partial charge in [-0.1, -0.05) is 115 Å². The first-order valence-corrected chi connectivity index (χ1v) is 15.9. The van der Waals surface area contributed by atoms with Gasteiger partial charge in [-0.25, -0.2) is 9.97 Å². The van der Waals surface area contributed by atoms with Gasteiger partial charge in [0.2, 0.25) is 5.89 Å². The van der Waals surface area contributed by atoms with Crippen molar-refractivity contribution >= 4 is 49.3 Å². The lowest BCUT2D eigenvalue weighted by Crippen LogP contribution is -1.97. The normalized spacial score (nSPS) is 11.8. The van der Waals surface area contributed by atoms with Crippen molar-refractivity contribution in [3.05, 3.63) is 152 Å². The van der Waals surface area contributed by atoms with Crippen LogP contribution < -0.4 is 0 Å². The lowest BCUT2D eigenvalue weighted by molar-refractivity contribution is 0.623. The molecule has 48 heavy (non-hydrogen) atoms. The monoisotopic (exact) mass is 615 g/mol. The third-order valence-electron chi connectivity index (χ3n) is 9.07. The summed E-state index contributed by atoms with van der Waals surface area (Å²) in [6.45, 7) is 0. The molecule has 224 valence electrons. The third-order valence-corrected chi connectivity index (χ3v) is 9.07. The average Bonchev–Trinajstić information content (AvgIpc) is 3.80. The number of rotatable bonds is 4. The van der Waals surface area contributed by atoms with Gasteiger partial charge < -0.3 is 4.42 Å². The van der Waals surface area contributed by atoms with Crippen molar-refractivity contribution in [2.24, 2.45) is 0 Å². The van der Waals surface area contributed by atoms with E-state index in [1.165, 1.54) is 0 Å². The van der Waals surface area contributed by atoms with Crippen LogP contribution in [0.1, 0.15) is 0 Å². The molecule has 0 aliphatic carbocycles. The van der Waals surface area contributed by atoms with Crippen LogP contribution in [0.25, 0.3) is 94.6 Å². The van der Waals surface area contributed by atoms with E-state index in [4.69, 9.17) is 24.5 Å². The smallest absolute Gasteiger partial charge is 0.253 e. The predicted octanol–water partition coefficient (Wildman–Crippen LogP) is 10.4. The van der Waals surface area contributed by atoms with Gasteiger partial charge in [-0.15, -0.1) is 5.10 Å². The van der Waals surface area contributed by atoms with Gasteiger partial charge in [0.15, 0.2) is 11.4 Å². The first-order valence-electron chi connectivity index (χ1n) is 15.9. The summed E-state index contributed by atoms with van der Waals surface area (Å²) < 4.78 is 8.30. The number of para-hydroxylation sites is 1. The van der Waals surface area contributed by atoms with Gasteiger partial charge in [0.25, 0.3) is 5.78 Å². The van der Waals surface area contributed by atoms with Crippen LogP contribution in [0.4, 0.5) is 0 Å². The SMILES string of the molecule is c1ccc(-c2nc3ccc4ccc5ccc(-c6cccc(-c7nc8nc(-c9ccccc9)c9ccccc9n8n7)c6)cc5c4c3o2)cc1. The zero-order valence-electron chi connectivity index (χ0n) is 25.6. The van der Waals surface area contributed by atoms with Gasteiger partial charge in [-0.3, -0.25) is 0 Å². The Bertz CT molecular complexity index is 2840. The molecule has 0 unspecified atom stereocenters. The van der Waals surface area contributed by atoms with Crippen molar-refractivity contribution in [2.45, 2.75) is 0 Å². The van der Waals surface area contributed by atoms with Crippen molar-refractivity contribution in [2.75, 3.05) is 0 Å². The summed E-state index contributed by atoms with van der Waals surface area (Å²) in [5, 5.41) is 10.4. The molecule has 0 saturated heterocycles. The highest BCUT2D eigenvalue weighted by molar-refractivity contribution is 6.18. The minimum absolute atomic E-state index is 0.566. The summed E-state index contributed by atoms with van der Waals surface area (Å²) in [6, 6.07) is 52.0. The van der Waals surface area contributed by atoms with Gasteiger partial charge in [0, 0.05) is 27.5 Å². The Kier molecular flexibility index (Phi) is 5.77. The van der Waals surface area contributed by atoms with Crippen LogP contribution >= 0.6 is 0 Å². The number of nitrogens with zero attached hydrogens (tertiary/aromatic N) is 5. The highest BCUT2D eigenvalue weighted by Crippen LogP contribution is 2.37. The molecule has 0 aliphatic rings. The molecule has 3 aromatic heterocycles. The van der Waals surface area contributed by atoms with Gasteiger partial charge >= 0.3 is 0 Å². The van der Waals surface area contributed by atoms with Crippen LogP contribution in [0.15, 0.2) is 156 Å². The molecule has 10 aromatic rings. The van der Waals surface area contributed by atoms with Crippen LogP contribution in [0.3, 0.4) is 0 Å². The first kappa shape index (κ1) is 26.5. The van der Waals surface area contributed by atoms with E-state index in [0.29, 0.717) is 17.5 Å². The zero-order valence-corrected chi connectivity index (χ0v) is 25.6. The molecule has 0 amide bonds. The summed E-state index contributed by atoms with van der Waals surface area (Å²) >= 11 is 0. The molecule has 6 heteroatoms. The molecule has 3 heterocycles. The molecule has 0 atom stereocenters. The Balaban J connectivity index is 1.11. The van der Waals surface area contributed by atoms with Crippen molar-refractivity contribution in [1.82, 2.24) is 24.6 Å². The second-order valence-electron chi connectivity index (χ2n) is 12.0. The van der Waals surface area contributed by atoms with E-state index >= 15 is 0 Å². The third kappa shape index (κ3) is 4.20.